The molecule has 1 N–H and O–H groups in total. The Morgan fingerprint density at radius 3 is 2.39 bits per heavy atom. The lowest BCUT2D eigenvalue weighted by molar-refractivity contribution is -0.110. The van der Waals surface area contributed by atoms with Crippen LogP contribution in [0.3, 0.4) is 0 Å². The number of aromatic nitrogens is 3. The fourth-order valence-corrected chi connectivity index (χ4v) is 3.11. The largest absolute Gasteiger partial charge is 0.497 e. The van der Waals surface area contributed by atoms with Gasteiger partial charge in [0.2, 0.25) is 0 Å². The van der Waals surface area contributed by atoms with Crippen LogP contribution in [0.25, 0.3) is 11.4 Å². The van der Waals surface area contributed by atoms with Gasteiger partial charge in [0.05, 0.1) is 12.8 Å². The maximum Gasteiger partial charge on any atom is 0.197 e. The van der Waals surface area contributed by atoms with Crippen molar-refractivity contribution < 1.29 is 9.53 Å². The summed E-state index contributed by atoms with van der Waals surface area (Å²) >= 11 is 1.17. The number of anilines is 1. The van der Waals surface area contributed by atoms with Crippen LogP contribution >= 0.6 is 11.8 Å². The Bertz CT molecular complexity index is 994. The number of rotatable bonds is 6. The first-order valence-electron chi connectivity index (χ1n) is 8.61. The molecule has 0 radical (unpaired) electrons. The second-order valence-corrected chi connectivity index (χ2v) is 7.10. The van der Waals surface area contributed by atoms with Crippen molar-refractivity contribution in [2.24, 2.45) is 12.1 Å². The summed E-state index contributed by atoms with van der Waals surface area (Å²) in [6.45, 7) is 3.49. The third-order valence-corrected chi connectivity index (χ3v) is 5.12. The quantitative estimate of drug-likeness (QED) is 0.295. The van der Waals surface area contributed by atoms with E-state index in [1.807, 2.05) is 67.1 Å². The van der Waals surface area contributed by atoms with Gasteiger partial charge in [0.15, 0.2) is 21.8 Å². The molecule has 0 unspecified atom stereocenters. The Morgan fingerprint density at radius 1 is 1.11 bits per heavy atom. The summed E-state index contributed by atoms with van der Waals surface area (Å²) in [7, 11) is 3.48. The van der Waals surface area contributed by atoms with E-state index in [4.69, 9.17) is 4.74 Å². The first-order chi connectivity index (χ1) is 13.5. The minimum absolute atomic E-state index is 0.154. The lowest BCUT2D eigenvalue weighted by Crippen LogP contribution is -2.09. The van der Waals surface area contributed by atoms with Crippen molar-refractivity contribution >= 4 is 28.3 Å². The molecule has 0 aliphatic carbocycles. The Balaban J connectivity index is 1.79. The predicted molar refractivity (Wildman–Crippen MR) is 112 cm³/mol. The highest BCUT2D eigenvalue weighted by atomic mass is 32.2. The molecule has 144 valence electrons. The van der Waals surface area contributed by atoms with Gasteiger partial charge in [-0.05, 0) is 55.1 Å². The molecule has 1 heterocycles. The Hall–Kier alpha value is -3.13. The number of hydrazone groups is 1. The fourth-order valence-electron chi connectivity index (χ4n) is 2.40. The first-order valence-corrected chi connectivity index (χ1v) is 9.42. The number of ether oxygens (including phenoxy) is 1. The van der Waals surface area contributed by atoms with Gasteiger partial charge in [-0.15, -0.1) is 10.2 Å². The lowest BCUT2D eigenvalue weighted by Gasteiger charge is -2.06. The molecule has 0 spiro atoms. The topological polar surface area (TPSA) is 81.4 Å². The Morgan fingerprint density at radius 2 is 1.79 bits per heavy atom. The first kappa shape index (κ1) is 19.6. The molecule has 3 aromatic rings. The number of ketones is 1. The maximum atomic E-state index is 12.0. The van der Waals surface area contributed by atoms with Gasteiger partial charge in [-0.2, -0.15) is 5.10 Å². The molecule has 0 fully saturated rings. The molecule has 0 aliphatic rings. The van der Waals surface area contributed by atoms with Crippen molar-refractivity contribution in [3.05, 3.63) is 54.1 Å². The van der Waals surface area contributed by atoms with Gasteiger partial charge < -0.3 is 9.30 Å². The Kier molecular flexibility index (Phi) is 6.10. The number of nitrogens with zero attached hydrogens (tertiary/aromatic N) is 4. The summed E-state index contributed by atoms with van der Waals surface area (Å²) in [4.78, 5) is 12.0. The molecule has 0 bridgehead atoms. The van der Waals surface area contributed by atoms with Crippen LogP contribution in [-0.2, 0) is 11.8 Å². The van der Waals surface area contributed by atoms with Crippen LogP contribution in [0.2, 0.25) is 0 Å². The van der Waals surface area contributed by atoms with Crippen LogP contribution in [0.4, 0.5) is 5.69 Å². The summed E-state index contributed by atoms with van der Waals surface area (Å²) in [5, 5.41) is 13.6. The average Bonchev–Trinajstić information content (AvgIpc) is 3.06. The average molecular weight is 395 g/mol. The summed E-state index contributed by atoms with van der Waals surface area (Å²) in [5.41, 5.74) is 5.78. The molecule has 0 atom stereocenters. The van der Waals surface area contributed by atoms with Gasteiger partial charge in [0.25, 0.3) is 0 Å². The second-order valence-electron chi connectivity index (χ2n) is 6.15. The van der Waals surface area contributed by atoms with Crippen LogP contribution in [0.15, 0.2) is 58.8 Å². The second kappa shape index (κ2) is 8.71. The van der Waals surface area contributed by atoms with Gasteiger partial charge in [-0.25, -0.2) is 0 Å². The van der Waals surface area contributed by atoms with Gasteiger partial charge >= 0.3 is 0 Å². The number of carbonyl (C=O) groups is 1. The minimum Gasteiger partial charge on any atom is -0.497 e. The summed E-state index contributed by atoms with van der Waals surface area (Å²) in [6, 6.07) is 15.3. The van der Waals surface area contributed by atoms with Crippen molar-refractivity contribution in [1.29, 1.82) is 0 Å². The van der Waals surface area contributed by atoms with Gasteiger partial charge in [-0.3, -0.25) is 10.2 Å². The van der Waals surface area contributed by atoms with Crippen molar-refractivity contribution in [1.82, 2.24) is 14.8 Å². The number of thioether (sulfide) groups is 1. The van der Waals surface area contributed by atoms with E-state index in [2.05, 4.69) is 20.7 Å². The zero-order chi connectivity index (χ0) is 20.1. The number of benzene rings is 2. The summed E-state index contributed by atoms with van der Waals surface area (Å²) in [5.74, 6) is 1.31. The molecular formula is C20H21N5O2S. The SMILES string of the molecule is COc1ccc(-c2nnc(SC(=NNc3ccc(C)cc3)C(C)=O)n2C)cc1. The van der Waals surface area contributed by atoms with E-state index >= 15 is 0 Å². The van der Waals surface area contributed by atoms with E-state index in [-0.39, 0.29) is 5.78 Å². The van der Waals surface area contributed by atoms with Crippen molar-refractivity contribution in [2.45, 2.75) is 19.0 Å². The van der Waals surface area contributed by atoms with Gasteiger partial charge in [0.1, 0.15) is 5.75 Å². The molecular weight excluding hydrogens is 374 g/mol. The van der Waals surface area contributed by atoms with E-state index in [1.54, 1.807) is 7.11 Å². The monoisotopic (exact) mass is 395 g/mol. The van der Waals surface area contributed by atoms with Crippen LogP contribution in [0.1, 0.15) is 12.5 Å². The van der Waals surface area contributed by atoms with Crippen molar-refractivity contribution in [3.8, 4) is 17.1 Å². The fraction of sp³-hybridized carbons (Fsp3) is 0.200. The van der Waals surface area contributed by atoms with E-state index < -0.39 is 0 Å². The summed E-state index contributed by atoms with van der Waals surface area (Å²) in [6.07, 6.45) is 0. The zero-order valence-electron chi connectivity index (χ0n) is 16.1. The predicted octanol–water partition coefficient (Wildman–Crippen LogP) is 3.91. The number of aryl methyl sites for hydroxylation is 1. The van der Waals surface area contributed by atoms with Gasteiger partial charge in [0, 0.05) is 19.5 Å². The van der Waals surface area contributed by atoms with E-state index in [0.29, 0.717) is 16.0 Å². The highest BCUT2D eigenvalue weighted by Crippen LogP contribution is 2.25. The molecule has 2 aromatic carbocycles. The molecule has 0 saturated carbocycles. The maximum absolute atomic E-state index is 12.0. The van der Waals surface area contributed by atoms with E-state index in [9.17, 15) is 4.79 Å². The van der Waals surface area contributed by atoms with Crippen LogP contribution in [0, 0.1) is 6.92 Å². The Labute approximate surface area is 167 Å². The third-order valence-electron chi connectivity index (χ3n) is 4.01. The molecule has 28 heavy (non-hydrogen) atoms. The molecule has 0 aliphatic heterocycles. The highest BCUT2D eigenvalue weighted by Gasteiger charge is 2.16. The molecule has 7 nitrogen and oxygen atoms in total. The minimum atomic E-state index is -0.154. The summed E-state index contributed by atoms with van der Waals surface area (Å²) < 4.78 is 7.01. The van der Waals surface area contributed by atoms with E-state index in [0.717, 1.165) is 22.6 Å². The number of hydrogen-bond donors (Lipinski definition) is 1. The zero-order valence-corrected chi connectivity index (χ0v) is 16.9. The standard InChI is InChI=1S/C20H21N5O2S/c1-13-5-9-16(10-6-13)21-23-19(14(2)26)28-20-24-22-18(25(20)3)15-7-11-17(27-4)12-8-15/h5-12,21H,1-4H3. The molecule has 3 rings (SSSR count). The smallest absolute Gasteiger partial charge is 0.197 e. The molecule has 0 amide bonds. The van der Waals surface area contributed by atoms with Crippen molar-refractivity contribution in [3.63, 3.8) is 0 Å². The van der Waals surface area contributed by atoms with Crippen LogP contribution < -0.4 is 10.2 Å². The number of nitrogens with one attached hydrogen (secondary N) is 1. The highest BCUT2D eigenvalue weighted by molar-refractivity contribution is 8.15. The molecule has 8 heteroatoms. The number of hydrogen-bond acceptors (Lipinski definition) is 7. The molecule has 1 aromatic heterocycles. The number of methoxy groups -OCH3 is 1. The van der Waals surface area contributed by atoms with Gasteiger partial charge in [-0.1, -0.05) is 17.7 Å². The van der Waals surface area contributed by atoms with E-state index in [1.165, 1.54) is 18.7 Å². The van der Waals surface area contributed by atoms with Crippen molar-refractivity contribution in [2.75, 3.05) is 12.5 Å². The lowest BCUT2D eigenvalue weighted by atomic mass is 10.2. The molecule has 0 saturated heterocycles. The number of carbonyl (C=O) groups excluding carboxylic acids is 1. The van der Waals surface area contributed by atoms with Crippen LogP contribution in [0.5, 0.6) is 5.75 Å². The van der Waals surface area contributed by atoms with Crippen LogP contribution in [-0.4, -0.2) is 32.7 Å². The number of Topliss-reactive ketones (excluding diaryl/α,β-unsaturated/α-hetero) is 1. The normalized spacial score (nSPS) is 11.4. The third kappa shape index (κ3) is 4.58.